The first-order valence-electron chi connectivity index (χ1n) is 5.54. The van der Waals surface area contributed by atoms with Crippen molar-refractivity contribution in [2.24, 2.45) is 5.92 Å². The fourth-order valence-corrected chi connectivity index (χ4v) is 1.73. The van der Waals surface area contributed by atoms with Gasteiger partial charge in [0.2, 0.25) is 0 Å². The van der Waals surface area contributed by atoms with Gasteiger partial charge in [0.15, 0.2) is 0 Å². The number of rotatable bonds is 4. The summed E-state index contributed by atoms with van der Waals surface area (Å²) in [7, 11) is 0. The molecule has 0 aliphatic rings. The van der Waals surface area contributed by atoms with Crippen LogP contribution in [0.15, 0.2) is 30.5 Å². The second-order valence-electron chi connectivity index (χ2n) is 3.86. The van der Waals surface area contributed by atoms with Crippen LogP contribution in [0.5, 0.6) is 0 Å². The van der Waals surface area contributed by atoms with Crippen molar-refractivity contribution in [1.29, 1.82) is 5.26 Å². The highest BCUT2D eigenvalue weighted by Gasteiger charge is 2.06. The first-order valence-corrected chi connectivity index (χ1v) is 5.54. The van der Waals surface area contributed by atoms with Crippen molar-refractivity contribution in [2.45, 2.75) is 13.3 Å². The molecule has 2 rings (SSSR count). The monoisotopic (exact) mass is 213 g/mol. The molecule has 0 amide bonds. The molecule has 0 aliphatic carbocycles. The maximum absolute atomic E-state index is 8.87. The summed E-state index contributed by atoms with van der Waals surface area (Å²) in [5, 5.41) is 13.4. The Morgan fingerprint density at radius 2 is 2.25 bits per heavy atom. The minimum atomic E-state index is 0.0775. The molecule has 2 aromatic rings. The SMILES string of the molecule is CCC(C#N)CNc1c[nH]c2ccccc12. The van der Waals surface area contributed by atoms with Crippen LogP contribution in [0.3, 0.4) is 0 Å². The minimum absolute atomic E-state index is 0.0775. The Bertz CT molecular complexity index is 507. The highest BCUT2D eigenvalue weighted by Crippen LogP contribution is 2.22. The number of nitrogens with one attached hydrogen (secondary N) is 2. The van der Waals surface area contributed by atoms with E-state index in [4.69, 9.17) is 5.26 Å². The average Bonchev–Trinajstić information content (AvgIpc) is 2.74. The molecule has 1 aromatic heterocycles. The quantitative estimate of drug-likeness (QED) is 0.819. The third kappa shape index (κ3) is 2.01. The number of aromatic nitrogens is 1. The predicted molar refractivity (Wildman–Crippen MR) is 66.2 cm³/mol. The minimum Gasteiger partial charge on any atom is -0.382 e. The molecule has 1 aromatic carbocycles. The lowest BCUT2D eigenvalue weighted by atomic mass is 10.1. The van der Waals surface area contributed by atoms with Gasteiger partial charge in [-0.15, -0.1) is 0 Å². The number of fused-ring (bicyclic) bond motifs is 1. The van der Waals surface area contributed by atoms with Crippen LogP contribution in [0.4, 0.5) is 5.69 Å². The lowest BCUT2D eigenvalue weighted by Crippen LogP contribution is -2.11. The van der Waals surface area contributed by atoms with Crippen molar-refractivity contribution in [3.05, 3.63) is 30.5 Å². The van der Waals surface area contributed by atoms with Crippen LogP contribution in [0.1, 0.15) is 13.3 Å². The van der Waals surface area contributed by atoms with Gasteiger partial charge in [-0.1, -0.05) is 25.1 Å². The molecule has 1 unspecified atom stereocenters. The normalized spacial score (nSPS) is 12.2. The molecule has 0 fully saturated rings. The van der Waals surface area contributed by atoms with Crippen molar-refractivity contribution in [3.63, 3.8) is 0 Å². The molecule has 16 heavy (non-hydrogen) atoms. The number of hydrogen-bond donors (Lipinski definition) is 2. The molecule has 0 aliphatic heterocycles. The van der Waals surface area contributed by atoms with Gasteiger partial charge >= 0.3 is 0 Å². The fourth-order valence-electron chi connectivity index (χ4n) is 1.73. The van der Waals surface area contributed by atoms with Gasteiger partial charge in [0.25, 0.3) is 0 Å². The number of nitrogens with zero attached hydrogens (tertiary/aromatic N) is 1. The molecular weight excluding hydrogens is 198 g/mol. The van der Waals surface area contributed by atoms with E-state index < -0.39 is 0 Å². The number of nitriles is 1. The Kier molecular flexibility index (Phi) is 3.11. The summed E-state index contributed by atoms with van der Waals surface area (Å²) in [6, 6.07) is 10.4. The van der Waals surface area contributed by atoms with Crippen molar-refractivity contribution in [1.82, 2.24) is 4.98 Å². The van der Waals surface area contributed by atoms with Gasteiger partial charge in [0, 0.05) is 23.6 Å². The van der Waals surface area contributed by atoms with Gasteiger partial charge in [-0.2, -0.15) is 5.26 Å². The van der Waals surface area contributed by atoms with E-state index in [1.165, 1.54) is 5.39 Å². The summed E-state index contributed by atoms with van der Waals surface area (Å²) in [5.74, 6) is 0.0775. The smallest absolute Gasteiger partial charge is 0.0674 e. The molecule has 1 atom stereocenters. The van der Waals surface area contributed by atoms with Crippen molar-refractivity contribution >= 4 is 16.6 Å². The number of para-hydroxylation sites is 1. The Morgan fingerprint density at radius 3 is 3.00 bits per heavy atom. The molecule has 0 bridgehead atoms. The number of hydrogen-bond acceptors (Lipinski definition) is 2. The summed E-state index contributed by atoms with van der Waals surface area (Å²) in [6.45, 7) is 2.74. The summed E-state index contributed by atoms with van der Waals surface area (Å²) < 4.78 is 0. The van der Waals surface area contributed by atoms with Crippen molar-refractivity contribution < 1.29 is 0 Å². The first kappa shape index (κ1) is 10.6. The maximum Gasteiger partial charge on any atom is 0.0674 e. The summed E-state index contributed by atoms with van der Waals surface area (Å²) >= 11 is 0. The third-order valence-corrected chi connectivity index (χ3v) is 2.80. The Labute approximate surface area is 95.1 Å². The first-order chi connectivity index (χ1) is 7.85. The largest absolute Gasteiger partial charge is 0.382 e. The molecule has 3 nitrogen and oxygen atoms in total. The van der Waals surface area contributed by atoms with Crippen LogP contribution < -0.4 is 5.32 Å². The van der Waals surface area contributed by atoms with Crippen molar-refractivity contribution in [2.75, 3.05) is 11.9 Å². The number of aromatic amines is 1. The van der Waals surface area contributed by atoms with Crippen LogP contribution in [-0.2, 0) is 0 Å². The molecule has 82 valence electrons. The fraction of sp³-hybridized carbons (Fsp3) is 0.308. The van der Waals surface area contributed by atoms with Gasteiger partial charge in [-0.05, 0) is 12.5 Å². The van der Waals surface area contributed by atoms with E-state index in [9.17, 15) is 0 Å². The molecule has 0 saturated heterocycles. The van der Waals surface area contributed by atoms with E-state index in [0.717, 1.165) is 17.6 Å². The standard InChI is InChI=1S/C13H15N3/c1-2-10(7-14)8-15-13-9-16-12-6-4-3-5-11(12)13/h3-6,9-10,15-16H,2,8H2,1H3. The molecule has 0 spiro atoms. The predicted octanol–water partition coefficient (Wildman–Crippen LogP) is 3.13. The van der Waals surface area contributed by atoms with E-state index in [-0.39, 0.29) is 5.92 Å². The Morgan fingerprint density at radius 1 is 1.44 bits per heavy atom. The molecule has 0 radical (unpaired) electrons. The molecule has 3 heteroatoms. The van der Waals surface area contributed by atoms with Gasteiger partial charge in [-0.3, -0.25) is 0 Å². The van der Waals surface area contributed by atoms with Crippen LogP contribution in [-0.4, -0.2) is 11.5 Å². The van der Waals surface area contributed by atoms with E-state index >= 15 is 0 Å². The molecular formula is C13H15N3. The zero-order valence-corrected chi connectivity index (χ0v) is 9.33. The Hall–Kier alpha value is -1.95. The van der Waals surface area contributed by atoms with E-state index in [2.05, 4.69) is 22.4 Å². The number of benzene rings is 1. The topological polar surface area (TPSA) is 51.6 Å². The lowest BCUT2D eigenvalue weighted by molar-refractivity contribution is 0.674. The summed E-state index contributed by atoms with van der Waals surface area (Å²) in [5.41, 5.74) is 2.19. The number of anilines is 1. The zero-order valence-electron chi connectivity index (χ0n) is 9.33. The highest BCUT2D eigenvalue weighted by atomic mass is 14.9. The van der Waals surface area contributed by atoms with E-state index in [1.54, 1.807) is 0 Å². The van der Waals surface area contributed by atoms with Crippen LogP contribution in [0.2, 0.25) is 0 Å². The summed E-state index contributed by atoms with van der Waals surface area (Å²) in [6.07, 6.45) is 2.83. The van der Waals surface area contributed by atoms with Gasteiger partial charge in [-0.25, -0.2) is 0 Å². The third-order valence-electron chi connectivity index (χ3n) is 2.80. The maximum atomic E-state index is 8.87. The molecule has 0 saturated carbocycles. The van der Waals surface area contributed by atoms with Gasteiger partial charge in [0.1, 0.15) is 0 Å². The Balaban J connectivity index is 2.13. The highest BCUT2D eigenvalue weighted by molar-refractivity contribution is 5.92. The van der Waals surface area contributed by atoms with E-state index in [1.807, 2.05) is 31.3 Å². The van der Waals surface area contributed by atoms with Crippen molar-refractivity contribution in [3.8, 4) is 6.07 Å². The summed E-state index contributed by atoms with van der Waals surface area (Å²) in [4.78, 5) is 3.20. The van der Waals surface area contributed by atoms with Gasteiger partial charge in [0.05, 0.1) is 17.7 Å². The zero-order chi connectivity index (χ0) is 11.4. The van der Waals surface area contributed by atoms with Crippen LogP contribution >= 0.6 is 0 Å². The molecule has 1 heterocycles. The average molecular weight is 213 g/mol. The lowest BCUT2D eigenvalue weighted by Gasteiger charge is -2.08. The van der Waals surface area contributed by atoms with Gasteiger partial charge < -0.3 is 10.3 Å². The molecule has 2 N–H and O–H groups in total. The van der Waals surface area contributed by atoms with E-state index in [0.29, 0.717) is 6.54 Å². The van der Waals surface area contributed by atoms with Crippen LogP contribution in [0, 0.1) is 17.2 Å². The second-order valence-corrected chi connectivity index (χ2v) is 3.86. The number of H-pyrrole nitrogens is 1. The second kappa shape index (κ2) is 4.71. The van der Waals surface area contributed by atoms with Crippen LogP contribution in [0.25, 0.3) is 10.9 Å².